The van der Waals surface area contributed by atoms with Crippen molar-refractivity contribution in [3.8, 4) is 0 Å². The van der Waals surface area contributed by atoms with Crippen LogP contribution in [-0.4, -0.2) is 13.1 Å². The third-order valence-electron chi connectivity index (χ3n) is 3.30. The normalized spacial score (nSPS) is 12.0. The summed E-state index contributed by atoms with van der Waals surface area (Å²) in [4.78, 5) is 11.8. The van der Waals surface area contributed by atoms with Gasteiger partial charge in [0.15, 0.2) is 0 Å². The summed E-state index contributed by atoms with van der Waals surface area (Å²) >= 11 is 6.02. The number of benzene rings is 1. The van der Waals surface area contributed by atoms with Crippen LogP contribution >= 0.6 is 11.6 Å². The Morgan fingerprint density at radius 3 is 2.62 bits per heavy atom. The van der Waals surface area contributed by atoms with Gasteiger partial charge < -0.3 is 14.5 Å². The Kier molecular flexibility index (Phi) is 4.58. The zero-order chi connectivity index (χ0) is 15.6. The summed E-state index contributed by atoms with van der Waals surface area (Å²) in [6.45, 7) is 5.82. The summed E-state index contributed by atoms with van der Waals surface area (Å²) in [5.41, 5.74) is 2.13. The van der Waals surface area contributed by atoms with E-state index in [4.69, 9.17) is 20.8 Å². The SMILES string of the molecule is COC(=O)c1ccc(Cl)cc1NC(C)c1cc(C)oc1C. The van der Waals surface area contributed by atoms with Crippen LogP contribution in [0.1, 0.15) is 40.4 Å². The molecule has 4 nitrogen and oxygen atoms in total. The number of carbonyl (C=O) groups excluding carboxylic acids is 1. The van der Waals surface area contributed by atoms with Crippen molar-refractivity contribution in [1.29, 1.82) is 0 Å². The second kappa shape index (κ2) is 6.22. The lowest BCUT2D eigenvalue weighted by molar-refractivity contribution is 0.0602. The standard InChI is InChI=1S/C16H18ClNO3/c1-9-7-14(11(3)21-9)10(2)18-15-8-12(17)5-6-13(15)16(19)20-4/h5-8,10,18H,1-4H3. The summed E-state index contributed by atoms with van der Waals surface area (Å²) < 4.78 is 10.3. The summed E-state index contributed by atoms with van der Waals surface area (Å²) in [7, 11) is 1.35. The first-order valence-electron chi connectivity index (χ1n) is 6.63. The van der Waals surface area contributed by atoms with Crippen LogP contribution in [0, 0.1) is 13.8 Å². The molecule has 0 aliphatic carbocycles. The minimum absolute atomic E-state index is 0.0238. The molecule has 2 rings (SSSR count). The van der Waals surface area contributed by atoms with Crippen LogP contribution < -0.4 is 5.32 Å². The molecule has 2 aromatic rings. The molecule has 1 aromatic heterocycles. The lowest BCUT2D eigenvalue weighted by Gasteiger charge is -2.17. The van der Waals surface area contributed by atoms with Gasteiger partial charge in [-0.2, -0.15) is 0 Å². The van der Waals surface area contributed by atoms with E-state index in [0.29, 0.717) is 16.3 Å². The van der Waals surface area contributed by atoms with Gasteiger partial charge in [0.05, 0.1) is 24.4 Å². The lowest BCUT2D eigenvalue weighted by Crippen LogP contribution is -2.12. The predicted molar refractivity (Wildman–Crippen MR) is 83.0 cm³/mol. The first kappa shape index (κ1) is 15.4. The van der Waals surface area contributed by atoms with Crippen molar-refractivity contribution in [3.63, 3.8) is 0 Å². The van der Waals surface area contributed by atoms with E-state index in [1.807, 2.05) is 26.8 Å². The molecule has 0 amide bonds. The Morgan fingerprint density at radius 2 is 2.05 bits per heavy atom. The third kappa shape index (κ3) is 3.39. The molecule has 0 aliphatic heterocycles. The quantitative estimate of drug-likeness (QED) is 0.844. The molecule has 0 saturated carbocycles. The second-order valence-corrected chi connectivity index (χ2v) is 5.35. The molecule has 21 heavy (non-hydrogen) atoms. The van der Waals surface area contributed by atoms with Gasteiger partial charge in [0.2, 0.25) is 0 Å². The van der Waals surface area contributed by atoms with Crippen molar-refractivity contribution in [2.45, 2.75) is 26.8 Å². The van der Waals surface area contributed by atoms with Crippen LogP contribution in [0.5, 0.6) is 0 Å². The Labute approximate surface area is 129 Å². The fraction of sp³-hybridized carbons (Fsp3) is 0.312. The van der Waals surface area contributed by atoms with Gasteiger partial charge in [0.1, 0.15) is 11.5 Å². The van der Waals surface area contributed by atoms with Crippen LogP contribution in [0.4, 0.5) is 5.69 Å². The number of esters is 1. The number of rotatable bonds is 4. The summed E-state index contributed by atoms with van der Waals surface area (Å²) in [6.07, 6.45) is 0. The average molecular weight is 308 g/mol. The zero-order valence-corrected chi connectivity index (χ0v) is 13.2. The zero-order valence-electron chi connectivity index (χ0n) is 12.5. The summed E-state index contributed by atoms with van der Waals surface area (Å²) in [6, 6.07) is 6.99. The van der Waals surface area contributed by atoms with E-state index < -0.39 is 5.97 Å². The molecule has 0 bridgehead atoms. The van der Waals surface area contributed by atoms with Crippen LogP contribution in [0.2, 0.25) is 5.02 Å². The minimum atomic E-state index is -0.401. The third-order valence-corrected chi connectivity index (χ3v) is 3.54. The van der Waals surface area contributed by atoms with Gasteiger partial charge in [-0.15, -0.1) is 0 Å². The maximum absolute atomic E-state index is 11.8. The van der Waals surface area contributed by atoms with Crippen LogP contribution in [0.3, 0.4) is 0 Å². The lowest BCUT2D eigenvalue weighted by atomic mass is 10.1. The summed E-state index contributed by atoms with van der Waals surface area (Å²) in [5.74, 6) is 1.31. The van der Waals surface area contributed by atoms with E-state index in [1.165, 1.54) is 7.11 Å². The molecule has 112 valence electrons. The van der Waals surface area contributed by atoms with Gasteiger partial charge >= 0.3 is 5.97 Å². The van der Waals surface area contributed by atoms with Crippen molar-refractivity contribution >= 4 is 23.3 Å². The van der Waals surface area contributed by atoms with Crippen LogP contribution in [0.15, 0.2) is 28.7 Å². The molecular formula is C16H18ClNO3. The molecule has 1 atom stereocenters. The smallest absolute Gasteiger partial charge is 0.339 e. The Bertz CT molecular complexity index is 664. The van der Waals surface area contributed by atoms with Gasteiger partial charge in [-0.25, -0.2) is 4.79 Å². The Morgan fingerprint density at radius 1 is 1.33 bits per heavy atom. The highest BCUT2D eigenvalue weighted by Gasteiger charge is 2.17. The van der Waals surface area contributed by atoms with E-state index in [9.17, 15) is 4.79 Å². The van der Waals surface area contributed by atoms with E-state index in [-0.39, 0.29) is 6.04 Å². The number of ether oxygens (including phenoxy) is 1. The molecule has 0 fully saturated rings. The molecule has 0 saturated heterocycles. The van der Waals surface area contributed by atoms with Crippen molar-refractivity contribution in [1.82, 2.24) is 0 Å². The number of hydrogen-bond acceptors (Lipinski definition) is 4. The van der Waals surface area contributed by atoms with Gasteiger partial charge in [0, 0.05) is 10.6 Å². The average Bonchev–Trinajstić information content (AvgIpc) is 2.77. The monoisotopic (exact) mass is 307 g/mol. The second-order valence-electron chi connectivity index (χ2n) is 4.92. The van der Waals surface area contributed by atoms with Crippen LogP contribution in [-0.2, 0) is 4.74 Å². The number of aryl methyl sites for hydroxylation is 2. The Hall–Kier alpha value is -1.94. The van der Waals surface area contributed by atoms with Crippen molar-refractivity contribution in [2.75, 3.05) is 12.4 Å². The highest BCUT2D eigenvalue weighted by atomic mass is 35.5. The maximum Gasteiger partial charge on any atom is 0.339 e. The molecule has 0 radical (unpaired) electrons. The number of halogens is 1. The largest absolute Gasteiger partial charge is 0.466 e. The highest BCUT2D eigenvalue weighted by molar-refractivity contribution is 6.31. The first-order valence-corrected chi connectivity index (χ1v) is 7.01. The predicted octanol–water partition coefficient (Wildman–Crippen LogP) is 4.51. The number of anilines is 1. The van der Waals surface area contributed by atoms with E-state index >= 15 is 0 Å². The maximum atomic E-state index is 11.8. The van der Waals surface area contributed by atoms with Gasteiger partial charge in [-0.05, 0) is 45.0 Å². The van der Waals surface area contributed by atoms with Gasteiger partial charge in [-0.1, -0.05) is 11.6 Å². The van der Waals surface area contributed by atoms with Gasteiger partial charge in [-0.3, -0.25) is 0 Å². The van der Waals surface area contributed by atoms with Gasteiger partial charge in [0.25, 0.3) is 0 Å². The molecule has 1 N–H and O–H groups in total. The summed E-state index contributed by atoms with van der Waals surface area (Å²) in [5, 5.41) is 3.84. The number of methoxy groups -OCH3 is 1. The number of furan rings is 1. The number of hydrogen-bond donors (Lipinski definition) is 1. The van der Waals surface area contributed by atoms with Crippen molar-refractivity contribution < 1.29 is 13.9 Å². The van der Waals surface area contributed by atoms with Crippen molar-refractivity contribution in [2.24, 2.45) is 0 Å². The number of carbonyl (C=O) groups is 1. The molecule has 5 heteroatoms. The molecule has 0 aliphatic rings. The fourth-order valence-electron chi connectivity index (χ4n) is 2.32. The highest BCUT2D eigenvalue weighted by Crippen LogP contribution is 2.28. The molecule has 1 heterocycles. The Balaban J connectivity index is 2.32. The first-order chi connectivity index (χ1) is 9.92. The van der Waals surface area contributed by atoms with Crippen LogP contribution in [0.25, 0.3) is 0 Å². The van der Waals surface area contributed by atoms with E-state index in [2.05, 4.69) is 5.32 Å². The minimum Gasteiger partial charge on any atom is -0.466 e. The molecular weight excluding hydrogens is 290 g/mol. The topological polar surface area (TPSA) is 51.5 Å². The fourth-order valence-corrected chi connectivity index (χ4v) is 2.49. The van der Waals surface area contributed by atoms with Crippen molar-refractivity contribution in [3.05, 3.63) is 51.9 Å². The number of nitrogens with one attached hydrogen (secondary N) is 1. The molecule has 1 unspecified atom stereocenters. The molecule has 1 aromatic carbocycles. The molecule has 0 spiro atoms. The van der Waals surface area contributed by atoms with E-state index in [0.717, 1.165) is 17.1 Å². The van der Waals surface area contributed by atoms with E-state index in [1.54, 1.807) is 18.2 Å².